The van der Waals surface area contributed by atoms with E-state index in [1.165, 1.54) is 33.4 Å². The molecule has 0 radical (unpaired) electrons. The molecule has 0 amide bonds. The van der Waals surface area contributed by atoms with Crippen LogP contribution in [-0.4, -0.2) is 0 Å². The fraction of sp³-hybridized carbons (Fsp3) is 0. The van der Waals surface area contributed by atoms with Gasteiger partial charge in [0.05, 0.1) is 0 Å². The largest absolute Gasteiger partial charge is 0.356 e. The van der Waals surface area contributed by atoms with Crippen LogP contribution in [0.4, 0.5) is 34.1 Å². The third-order valence-electron chi connectivity index (χ3n) is 7.78. The molecule has 3 nitrogen and oxygen atoms in total. The highest BCUT2D eigenvalue weighted by Crippen LogP contribution is 2.35. The Hall–Kier alpha value is -6.06. The van der Waals surface area contributed by atoms with Crippen molar-refractivity contribution in [1.82, 2.24) is 0 Å². The van der Waals surface area contributed by atoms with Gasteiger partial charge in [-0.15, -0.1) is 0 Å². The highest BCUT2D eigenvalue weighted by Gasteiger charge is 2.09. The van der Waals surface area contributed by atoms with E-state index >= 15 is 0 Å². The molecule has 7 aromatic rings. The first-order valence-corrected chi connectivity index (χ1v) is 15.2. The summed E-state index contributed by atoms with van der Waals surface area (Å²) in [5.41, 5.74) is 13.4. The lowest BCUT2D eigenvalue weighted by Crippen LogP contribution is -1.91. The van der Waals surface area contributed by atoms with Crippen molar-refractivity contribution in [2.75, 3.05) is 16.0 Å². The van der Waals surface area contributed by atoms with Gasteiger partial charge < -0.3 is 16.0 Å². The third-order valence-corrected chi connectivity index (χ3v) is 7.78. The van der Waals surface area contributed by atoms with Gasteiger partial charge >= 0.3 is 0 Å². The van der Waals surface area contributed by atoms with Gasteiger partial charge in [-0.3, -0.25) is 0 Å². The number of anilines is 6. The van der Waals surface area contributed by atoms with Gasteiger partial charge in [-0.05, 0) is 124 Å². The van der Waals surface area contributed by atoms with Gasteiger partial charge in [-0.25, -0.2) is 0 Å². The van der Waals surface area contributed by atoms with Gasteiger partial charge in [0.25, 0.3) is 0 Å². The predicted molar refractivity (Wildman–Crippen MR) is 192 cm³/mol. The standard InChI is InChI=1S/C42H33N3/c1-4-10-37(11-5-1)43-40-22-16-31(17-23-40)34-28-35(32-18-24-41(25-19-32)44-38-12-6-2-7-13-38)30-36(29-34)33-20-26-42(27-21-33)45-39-14-8-3-9-15-39/h1-30,43-45H. The van der Waals surface area contributed by atoms with Crippen LogP contribution in [-0.2, 0) is 0 Å². The van der Waals surface area contributed by atoms with E-state index in [2.05, 4.69) is 143 Å². The summed E-state index contributed by atoms with van der Waals surface area (Å²) < 4.78 is 0. The van der Waals surface area contributed by atoms with Gasteiger partial charge in [0, 0.05) is 34.1 Å². The van der Waals surface area contributed by atoms with Crippen molar-refractivity contribution >= 4 is 34.1 Å². The summed E-state index contributed by atoms with van der Waals surface area (Å²) in [5, 5.41) is 10.5. The van der Waals surface area contributed by atoms with E-state index in [1.807, 2.05) is 54.6 Å². The van der Waals surface area contributed by atoms with Crippen LogP contribution in [0.15, 0.2) is 182 Å². The molecule has 0 bridgehead atoms. The number of hydrogen-bond donors (Lipinski definition) is 3. The van der Waals surface area contributed by atoms with Gasteiger partial charge in [-0.2, -0.15) is 0 Å². The molecule has 0 aromatic heterocycles. The maximum atomic E-state index is 3.49. The van der Waals surface area contributed by atoms with Crippen LogP contribution in [0.1, 0.15) is 0 Å². The van der Waals surface area contributed by atoms with E-state index in [-0.39, 0.29) is 0 Å². The van der Waals surface area contributed by atoms with Crippen LogP contribution in [0.3, 0.4) is 0 Å². The number of nitrogens with one attached hydrogen (secondary N) is 3. The second kappa shape index (κ2) is 13.1. The van der Waals surface area contributed by atoms with Crippen LogP contribution in [0.2, 0.25) is 0 Å². The average Bonchev–Trinajstić information content (AvgIpc) is 3.10. The van der Waals surface area contributed by atoms with Crippen LogP contribution in [0.5, 0.6) is 0 Å². The zero-order chi connectivity index (χ0) is 30.3. The van der Waals surface area contributed by atoms with E-state index in [1.54, 1.807) is 0 Å². The fourth-order valence-corrected chi connectivity index (χ4v) is 5.43. The average molecular weight is 580 g/mol. The number of rotatable bonds is 9. The van der Waals surface area contributed by atoms with E-state index < -0.39 is 0 Å². The van der Waals surface area contributed by atoms with Crippen molar-refractivity contribution in [1.29, 1.82) is 0 Å². The van der Waals surface area contributed by atoms with Crippen LogP contribution >= 0.6 is 0 Å². The maximum Gasteiger partial charge on any atom is 0.0384 e. The van der Waals surface area contributed by atoms with Gasteiger partial charge in [0.1, 0.15) is 0 Å². The molecule has 0 saturated carbocycles. The normalized spacial score (nSPS) is 10.7. The third kappa shape index (κ3) is 6.96. The Kier molecular flexibility index (Phi) is 8.06. The number of hydrogen-bond acceptors (Lipinski definition) is 3. The zero-order valence-electron chi connectivity index (χ0n) is 24.8. The summed E-state index contributed by atoms with van der Waals surface area (Å²) in [6.45, 7) is 0. The van der Waals surface area contributed by atoms with Crippen molar-refractivity contribution in [2.45, 2.75) is 0 Å². The molecular formula is C42H33N3. The lowest BCUT2D eigenvalue weighted by molar-refractivity contribution is 1.52. The molecule has 0 heterocycles. The molecule has 0 spiro atoms. The maximum absolute atomic E-state index is 3.49. The SMILES string of the molecule is c1ccc(Nc2ccc(-c3cc(-c4ccc(Nc5ccccc5)cc4)cc(-c4ccc(Nc5ccccc5)cc4)c3)cc2)cc1. The first kappa shape index (κ1) is 27.8. The molecule has 3 heteroatoms. The van der Waals surface area contributed by atoms with E-state index in [9.17, 15) is 0 Å². The van der Waals surface area contributed by atoms with Crippen LogP contribution in [0, 0.1) is 0 Å². The molecule has 0 saturated heterocycles. The lowest BCUT2D eigenvalue weighted by atomic mass is 9.93. The van der Waals surface area contributed by atoms with Crippen molar-refractivity contribution in [3.8, 4) is 33.4 Å². The molecule has 7 rings (SSSR count). The molecular weight excluding hydrogens is 546 g/mol. The molecule has 0 aliphatic heterocycles. The van der Waals surface area contributed by atoms with Gasteiger partial charge in [0.15, 0.2) is 0 Å². The zero-order valence-corrected chi connectivity index (χ0v) is 24.8. The Balaban J connectivity index is 1.20. The van der Waals surface area contributed by atoms with E-state index in [0.29, 0.717) is 0 Å². The first-order chi connectivity index (χ1) is 22.2. The Labute approximate surface area is 264 Å². The molecule has 0 aliphatic rings. The van der Waals surface area contributed by atoms with Crippen LogP contribution < -0.4 is 16.0 Å². The van der Waals surface area contributed by atoms with Gasteiger partial charge in [0.2, 0.25) is 0 Å². The van der Waals surface area contributed by atoms with Crippen LogP contribution in [0.25, 0.3) is 33.4 Å². The summed E-state index contributed by atoms with van der Waals surface area (Å²) >= 11 is 0. The first-order valence-electron chi connectivity index (χ1n) is 15.2. The molecule has 7 aromatic carbocycles. The molecule has 0 atom stereocenters. The Morgan fingerprint density at radius 2 is 0.422 bits per heavy atom. The van der Waals surface area contributed by atoms with Crippen molar-refractivity contribution in [3.05, 3.63) is 182 Å². The summed E-state index contributed by atoms with van der Waals surface area (Å²) in [6.07, 6.45) is 0. The minimum atomic E-state index is 1.06. The second-order valence-corrected chi connectivity index (χ2v) is 11.0. The quantitative estimate of drug-likeness (QED) is 0.159. The smallest absolute Gasteiger partial charge is 0.0384 e. The van der Waals surface area contributed by atoms with E-state index in [0.717, 1.165) is 34.1 Å². The lowest BCUT2D eigenvalue weighted by Gasteiger charge is -2.14. The summed E-state index contributed by atoms with van der Waals surface area (Å²) in [4.78, 5) is 0. The monoisotopic (exact) mass is 579 g/mol. The minimum absolute atomic E-state index is 1.06. The molecule has 45 heavy (non-hydrogen) atoms. The fourth-order valence-electron chi connectivity index (χ4n) is 5.43. The molecule has 216 valence electrons. The second-order valence-electron chi connectivity index (χ2n) is 11.0. The van der Waals surface area contributed by atoms with Crippen molar-refractivity contribution in [3.63, 3.8) is 0 Å². The predicted octanol–water partition coefficient (Wildman–Crippen LogP) is 11.9. The Morgan fingerprint density at radius 1 is 0.200 bits per heavy atom. The summed E-state index contributed by atoms with van der Waals surface area (Å²) in [6, 6.07) is 63.6. The van der Waals surface area contributed by atoms with Crippen molar-refractivity contribution < 1.29 is 0 Å². The summed E-state index contributed by atoms with van der Waals surface area (Å²) in [7, 11) is 0. The molecule has 0 aliphatic carbocycles. The summed E-state index contributed by atoms with van der Waals surface area (Å²) in [5.74, 6) is 0. The van der Waals surface area contributed by atoms with E-state index in [4.69, 9.17) is 0 Å². The topological polar surface area (TPSA) is 36.1 Å². The van der Waals surface area contributed by atoms with Gasteiger partial charge in [-0.1, -0.05) is 91.0 Å². The highest BCUT2D eigenvalue weighted by atomic mass is 14.9. The minimum Gasteiger partial charge on any atom is -0.356 e. The molecule has 0 unspecified atom stereocenters. The highest BCUT2D eigenvalue weighted by molar-refractivity contribution is 5.83. The van der Waals surface area contributed by atoms with Crippen molar-refractivity contribution in [2.24, 2.45) is 0 Å². The number of benzene rings is 7. The number of para-hydroxylation sites is 3. The Bertz CT molecular complexity index is 1720. The molecule has 3 N–H and O–H groups in total. The molecule has 0 fully saturated rings. The Morgan fingerprint density at radius 3 is 0.667 bits per heavy atom.